The van der Waals surface area contributed by atoms with Crippen molar-refractivity contribution in [2.75, 3.05) is 32.7 Å². The lowest BCUT2D eigenvalue weighted by Gasteiger charge is -2.18. The van der Waals surface area contributed by atoms with Crippen LogP contribution in [0.15, 0.2) is 84.9 Å². The van der Waals surface area contributed by atoms with Crippen LogP contribution < -0.4 is 16.0 Å². The number of hydrogen-bond acceptors (Lipinski definition) is 5. The summed E-state index contributed by atoms with van der Waals surface area (Å²) < 4.78 is 0. The summed E-state index contributed by atoms with van der Waals surface area (Å²) in [6, 6.07) is 27.0. The first-order valence-electron chi connectivity index (χ1n) is 23.4. The lowest BCUT2D eigenvalue weighted by Crippen LogP contribution is -2.43. The van der Waals surface area contributed by atoms with Crippen molar-refractivity contribution >= 4 is 29.5 Å². The Balaban J connectivity index is 0.981. The molecule has 8 atom stereocenters. The van der Waals surface area contributed by atoms with Crippen molar-refractivity contribution in [3.05, 3.63) is 107 Å². The van der Waals surface area contributed by atoms with E-state index in [1.165, 1.54) is 36.8 Å². The minimum absolute atomic E-state index is 0.000912. The van der Waals surface area contributed by atoms with Gasteiger partial charge in [-0.2, -0.15) is 0 Å². The number of rotatable bonds is 21. The van der Waals surface area contributed by atoms with Gasteiger partial charge in [-0.25, -0.2) is 0 Å². The third-order valence-corrected chi connectivity index (χ3v) is 13.7. The first-order valence-corrected chi connectivity index (χ1v) is 23.4. The predicted octanol–water partition coefficient (Wildman–Crippen LogP) is 7.85. The molecular weight excluding hydrogens is 763 g/mol. The Labute approximate surface area is 363 Å². The summed E-state index contributed by atoms with van der Waals surface area (Å²) in [5.41, 5.74) is 3.24. The van der Waals surface area contributed by atoms with Gasteiger partial charge in [0, 0.05) is 67.8 Å². The molecular formula is C51H67N5O5. The first-order chi connectivity index (χ1) is 29.7. The number of benzene rings is 3. The van der Waals surface area contributed by atoms with Crippen LogP contribution in [0.5, 0.6) is 0 Å². The monoisotopic (exact) mass is 830 g/mol. The Bertz CT molecular complexity index is 1860. The molecule has 7 rings (SSSR count). The van der Waals surface area contributed by atoms with Gasteiger partial charge in [0.15, 0.2) is 0 Å². The van der Waals surface area contributed by atoms with Crippen molar-refractivity contribution in [2.45, 2.75) is 121 Å². The smallest absolute Gasteiger partial charge is 0.253 e. The van der Waals surface area contributed by atoms with Crippen LogP contribution in [0, 0.1) is 23.7 Å². The summed E-state index contributed by atoms with van der Waals surface area (Å²) >= 11 is 0. The largest absolute Gasteiger partial charge is 0.356 e. The molecule has 3 aromatic carbocycles. The van der Waals surface area contributed by atoms with E-state index in [2.05, 4.69) is 54.1 Å². The molecule has 4 aliphatic rings. The first kappa shape index (κ1) is 44.1. The van der Waals surface area contributed by atoms with E-state index >= 15 is 0 Å². The van der Waals surface area contributed by atoms with Gasteiger partial charge in [0.1, 0.15) is 0 Å². The number of unbranched alkanes of at least 4 members (excludes halogenated alkanes) is 8. The number of amides is 5. The van der Waals surface area contributed by atoms with Gasteiger partial charge < -0.3 is 25.8 Å². The molecule has 2 heterocycles. The molecule has 0 aromatic heterocycles. The van der Waals surface area contributed by atoms with Gasteiger partial charge in [-0.1, -0.05) is 132 Å². The van der Waals surface area contributed by atoms with E-state index in [9.17, 15) is 24.0 Å². The Hall–Kier alpha value is -4.99. The maximum Gasteiger partial charge on any atom is 0.253 e. The predicted molar refractivity (Wildman–Crippen MR) is 239 cm³/mol. The van der Waals surface area contributed by atoms with Crippen LogP contribution in [-0.2, 0) is 14.4 Å². The van der Waals surface area contributed by atoms with Gasteiger partial charge in [0.25, 0.3) is 11.8 Å². The SMILES string of the molecule is CCCCCCCC[C@H]1CN(C(=O)c2ccc(C(=O)N3C[C@@H](C(=O)N[C@H]4C[C@@H]4c4ccccc4)[C@H](C(=O)N[C@H]4C[C@@H]4c4ccccc4)C3)cc2)C[C@H]1C(=O)NCCCCCC. The standard InChI is InChI=1S/C51H67N5O5/c1-3-5-7-9-10-13-23-39-31-55(32-42(39)47(57)52-28-18-8-6-4-2)50(60)37-24-26-38(27-25-37)51(61)56-33-43(48(58)53-45-29-40(45)35-19-14-11-15-20-35)44(34-56)49(59)54-46-30-41(46)36-21-16-12-17-22-36/h11-12,14-17,19-22,24-27,39-46H,3-10,13,18,23,28-34H2,1-2H3,(H,52,57)(H,53,58)(H,54,59)/t39-,40+,41+,42+,43+,44+,45-,46-/m0/s1. The quantitative estimate of drug-likeness (QED) is 0.0943. The Morgan fingerprint density at radius 2 is 0.951 bits per heavy atom. The molecule has 0 spiro atoms. The number of carbonyl (C=O) groups is 5. The second kappa shape index (κ2) is 21.2. The molecule has 2 saturated heterocycles. The van der Waals surface area contributed by atoms with Crippen LogP contribution in [0.3, 0.4) is 0 Å². The minimum Gasteiger partial charge on any atom is -0.356 e. The highest BCUT2D eigenvalue weighted by atomic mass is 16.2. The second-order valence-electron chi connectivity index (χ2n) is 18.2. The van der Waals surface area contributed by atoms with Crippen LogP contribution in [0.4, 0.5) is 0 Å². The number of nitrogens with zero attached hydrogens (tertiary/aromatic N) is 2. The summed E-state index contributed by atoms with van der Waals surface area (Å²) in [5, 5.41) is 9.58. The number of carbonyl (C=O) groups excluding carboxylic acids is 5. The van der Waals surface area contributed by atoms with Gasteiger partial charge in [0.05, 0.1) is 17.8 Å². The van der Waals surface area contributed by atoms with E-state index in [-0.39, 0.29) is 78.4 Å². The number of likely N-dealkylation sites (tertiary alicyclic amines) is 2. The molecule has 0 bridgehead atoms. The summed E-state index contributed by atoms with van der Waals surface area (Å²) in [4.78, 5) is 72.7. The Morgan fingerprint density at radius 3 is 1.46 bits per heavy atom. The van der Waals surface area contributed by atoms with Gasteiger partial charge in [-0.3, -0.25) is 24.0 Å². The zero-order valence-corrected chi connectivity index (χ0v) is 36.4. The van der Waals surface area contributed by atoms with Crippen LogP contribution in [0.1, 0.15) is 141 Å². The summed E-state index contributed by atoms with van der Waals surface area (Å²) in [5.74, 6) is -1.75. The van der Waals surface area contributed by atoms with Gasteiger partial charge in [-0.05, 0) is 67.0 Å². The fourth-order valence-electron chi connectivity index (χ4n) is 9.76. The highest BCUT2D eigenvalue weighted by Gasteiger charge is 2.49. The van der Waals surface area contributed by atoms with Crippen molar-refractivity contribution < 1.29 is 24.0 Å². The van der Waals surface area contributed by atoms with Crippen molar-refractivity contribution in [2.24, 2.45) is 23.7 Å². The van der Waals surface area contributed by atoms with Crippen LogP contribution >= 0.6 is 0 Å². The molecule has 61 heavy (non-hydrogen) atoms. The van der Waals surface area contributed by atoms with Crippen molar-refractivity contribution in [1.82, 2.24) is 25.8 Å². The molecule has 326 valence electrons. The van der Waals surface area contributed by atoms with E-state index in [1.54, 1.807) is 29.2 Å². The fourth-order valence-corrected chi connectivity index (χ4v) is 9.76. The van der Waals surface area contributed by atoms with Crippen molar-refractivity contribution in [3.63, 3.8) is 0 Å². The highest BCUT2D eigenvalue weighted by Crippen LogP contribution is 2.43. The molecule has 10 nitrogen and oxygen atoms in total. The van der Waals surface area contributed by atoms with Crippen LogP contribution in [-0.4, -0.2) is 84.1 Å². The molecule has 2 aliphatic carbocycles. The van der Waals surface area contributed by atoms with Gasteiger partial charge in [-0.15, -0.1) is 0 Å². The summed E-state index contributed by atoms with van der Waals surface area (Å²) in [6.07, 6.45) is 14.1. The average molecular weight is 830 g/mol. The maximum atomic E-state index is 14.1. The van der Waals surface area contributed by atoms with Gasteiger partial charge >= 0.3 is 0 Å². The molecule has 2 aliphatic heterocycles. The Morgan fingerprint density at radius 1 is 0.508 bits per heavy atom. The third kappa shape index (κ3) is 11.5. The average Bonchev–Trinajstić information content (AvgIpc) is 4.14. The lowest BCUT2D eigenvalue weighted by molar-refractivity contribution is -0.133. The van der Waals surface area contributed by atoms with Crippen molar-refractivity contribution in [1.29, 1.82) is 0 Å². The number of hydrogen-bond donors (Lipinski definition) is 3. The van der Waals surface area contributed by atoms with E-state index in [0.717, 1.165) is 57.8 Å². The van der Waals surface area contributed by atoms with Crippen LogP contribution in [0.2, 0.25) is 0 Å². The molecule has 0 unspecified atom stereocenters. The molecule has 2 saturated carbocycles. The zero-order valence-electron chi connectivity index (χ0n) is 36.4. The lowest BCUT2D eigenvalue weighted by atomic mass is 9.90. The normalized spacial score (nSPS) is 25.2. The van der Waals surface area contributed by atoms with Crippen LogP contribution in [0.25, 0.3) is 0 Å². The molecule has 10 heteroatoms. The zero-order chi connectivity index (χ0) is 42.7. The fraction of sp³-hybridized carbons (Fsp3) is 0.549. The Kier molecular flexibility index (Phi) is 15.3. The van der Waals surface area contributed by atoms with E-state index in [4.69, 9.17) is 0 Å². The summed E-state index contributed by atoms with van der Waals surface area (Å²) in [7, 11) is 0. The molecule has 0 radical (unpaired) electrons. The van der Waals surface area contributed by atoms with Gasteiger partial charge in [0.2, 0.25) is 17.7 Å². The highest BCUT2D eigenvalue weighted by molar-refractivity contribution is 5.99. The third-order valence-electron chi connectivity index (χ3n) is 13.7. The molecule has 4 fully saturated rings. The summed E-state index contributed by atoms with van der Waals surface area (Å²) in [6.45, 7) is 6.26. The minimum atomic E-state index is -0.684. The second-order valence-corrected chi connectivity index (χ2v) is 18.2. The number of nitrogens with one attached hydrogen (secondary N) is 3. The van der Waals surface area contributed by atoms with E-state index in [0.29, 0.717) is 30.8 Å². The van der Waals surface area contributed by atoms with E-state index < -0.39 is 11.8 Å². The molecule has 3 aromatic rings. The topological polar surface area (TPSA) is 128 Å². The van der Waals surface area contributed by atoms with E-state index in [1.807, 2.05) is 41.3 Å². The van der Waals surface area contributed by atoms with Crippen molar-refractivity contribution in [3.8, 4) is 0 Å². The molecule has 3 N–H and O–H groups in total. The molecule has 5 amide bonds. The maximum absolute atomic E-state index is 14.1.